The third kappa shape index (κ3) is 2.99. The number of aryl methyl sites for hydroxylation is 1. The van der Waals surface area contributed by atoms with Crippen LogP contribution in [0.2, 0.25) is 5.02 Å². The molecule has 8 heteroatoms. The zero-order valence-corrected chi connectivity index (χ0v) is 13.8. The maximum Gasteiger partial charge on any atom is 0.276 e. The Morgan fingerprint density at radius 3 is 2.75 bits per heavy atom. The molecule has 1 aliphatic rings. The summed E-state index contributed by atoms with van der Waals surface area (Å²) in [7, 11) is 0. The van der Waals surface area contributed by atoms with Crippen LogP contribution in [0.3, 0.4) is 0 Å². The van der Waals surface area contributed by atoms with Gasteiger partial charge in [-0.05, 0) is 24.6 Å². The van der Waals surface area contributed by atoms with E-state index in [0.717, 1.165) is 0 Å². The van der Waals surface area contributed by atoms with Crippen LogP contribution in [0.5, 0.6) is 0 Å². The molecule has 1 fully saturated rings. The molecular formula is C16H16ClFN4O2. The highest BCUT2D eigenvalue weighted by molar-refractivity contribution is 6.33. The number of piperazine rings is 1. The number of carbonyl (C=O) groups excluding carboxylic acids is 2. The fraction of sp³-hybridized carbons (Fsp3) is 0.312. The highest BCUT2D eigenvalue weighted by Crippen LogP contribution is 2.27. The minimum Gasteiger partial charge on any atom is -0.352 e. The number of nitrogens with zero attached hydrogens (tertiary/aromatic N) is 3. The van der Waals surface area contributed by atoms with Crippen molar-refractivity contribution in [3.63, 3.8) is 0 Å². The maximum atomic E-state index is 13.2. The summed E-state index contributed by atoms with van der Waals surface area (Å²) in [6.07, 6.45) is 1.58. The smallest absolute Gasteiger partial charge is 0.276 e. The molecule has 2 aromatic rings. The van der Waals surface area contributed by atoms with Gasteiger partial charge in [0.05, 0.1) is 5.02 Å². The minimum atomic E-state index is -0.838. The van der Waals surface area contributed by atoms with Crippen molar-refractivity contribution in [2.45, 2.75) is 19.5 Å². The van der Waals surface area contributed by atoms with Gasteiger partial charge in [-0.2, -0.15) is 5.10 Å². The summed E-state index contributed by atoms with van der Waals surface area (Å²) in [4.78, 5) is 26.6. The van der Waals surface area contributed by atoms with Gasteiger partial charge in [0.25, 0.3) is 5.91 Å². The van der Waals surface area contributed by atoms with Crippen LogP contribution in [0.1, 0.15) is 29.0 Å². The first-order chi connectivity index (χ1) is 11.5. The molecule has 0 spiro atoms. The van der Waals surface area contributed by atoms with E-state index < -0.39 is 17.8 Å². The Kier molecular flexibility index (Phi) is 4.53. The van der Waals surface area contributed by atoms with Gasteiger partial charge in [0.2, 0.25) is 5.91 Å². The maximum absolute atomic E-state index is 13.2. The molecule has 2 amide bonds. The molecule has 0 bridgehead atoms. The SMILES string of the molecule is CCn1cc(Cl)c(C(=O)N2CCNC(=O)[C@H]2c2ccc(F)cc2)n1. The molecule has 1 aromatic carbocycles. The molecule has 2 heterocycles. The third-order valence-electron chi connectivity index (χ3n) is 3.90. The molecule has 0 unspecified atom stereocenters. The van der Waals surface area contributed by atoms with E-state index in [0.29, 0.717) is 25.2 Å². The van der Waals surface area contributed by atoms with E-state index in [1.165, 1.54) is 29.2 Å². The van der Waals surface area contributed by atoms with E-state index in [1.54, 1.807) is 10.9 Å². The normalized spacial score (nSPS) is 17.7. The van der Waals surface area contributed by atoms with Crippen LogP contribution >= 0.6 is 11.6 Å². The van der Waals surface area contributed by atoms with Gasteiger partial charge in [-0.25, -0.2) is 4.39 Å². The van der Waals surface area contributed by atoms with Gasteiger partial charge in [0.15, 0.2) is 5.69 Å². The molecule has 1 aliphatic heterocycles. The van der Waals surface area contributed by atoms with E-state index in [2.05, 4.69) is 10.4 Å². The van der Waals surface area contributed by atoms with E-state index in [1.807, 2.05) is 6.92 Å². The van der Waals surface area contributed by atoms with Crippen molar-refractivity contribution in [3.8, 4) is 0 Å². The molecule has 1 saturated heterocycles. The summed E-state index contributed by atoms with van der Waals surface area (Å²) in [6, 6.07) is 4.68. The summed E-state index contributed by atoms with van der Waals surface area (Å²) in [5, 5.41) is 7.14. The Labute approximate surface area is 143 Å². The van der Waals surface area contributed by atoms with Crippen molar-refractivity contribution in [2.75, 3.05) is 13.1 Å². The van der Waals surface area contributed by atoms with Crippen LogP contribution in [0, 0.1) is 5.82 Å². The van der Waals surface area contributed by atoms with Crippen molar-refractivity contribution in [1.29, 1.82) is 0 Å². The van der Waals surface area contributed by atoms with Crippen molar-refractivity contribution < 1.29 is 14.0 Å². The Morgan fingerprint density at radius 2 is 2.12 bits per heavy atom. The monoisotopic (exact) mass is 350 g/mol. The molecule has 0 aliphatic carbocycles. The number of benzene rings is 1. The molecule has 0 saturated carbocycles. The minimum absolute atomic E-state index is 0.111. The summed E-state index contributed by atoms with van der Waals surface area (Å²) in [5.74, 6) is -1.14. The topological polar surface area (TPSA) is 67.2 Å². The number of carbonyl (C=O) groups is 2. The van der Waals surface area contributed by atoms with E-state index in [9.17, 15) is 14.0 Å². The van der Waals surface area contributed by atoms with E-state index in [-0.39, 0.29) is 16.6 Å². The average molecular weight is 351 g/mol. The second-order valence-corrected chi connectivity index (χ2v) is 5.83. The number of nitrogens with one attached hydrogen (secondary N) is 1. The van der Waals surface area contributed by atoms with Crippen LogP contribution in [0.15, 0.2) is 30.5 Å². The Bertz CT molecular complexity index is 775. The Hall–Kier alpha value is -2.41. The first-order valence-corrected chi connectivity index (χ1v) is 7.96. The second-order valence-electron chi connectivity index (χ2n) is 5.42. The predicted octanol–water partition coefficient (Wildman–Crippen LogP) is 2.01. The van der Waals surface area contributed by atoms with Gasteiger partial charge < -0.3 is 10.2 Å². The van der Waals surface area contributed by atoms with Crippen LogP contribution in [0.4, 0.5) is 4.39 Å². The fourth-order valence-corrected chi connectivity index (χ4v) is 2.93. The van der Waals surface area contributed by atoms with Gasteiger partial charge in [-0.15, -0.1) is 0 Å². The van der Waals surface area contributed by atoms with E-state index >= 15 is 0 Å². The van der Waals surface area contributed by atoms with Crippen LogP contribution < -0.4 is 5.32 Å². The molecule has 3 rings (SSSR count). The van der Waals surface area contributed by atoms with Gasteiger partial charge in [0.1, 0.15) is 11.9 Å². The Balaban J connectivity index is 1.96. The number of amides is 2. The summed E-state index contributed by atoms with van der Waals surface area (Å²) in [6.45, 7) is 3.12. The largest absolute Gasteiger partial charge is 0.352 e. The van der Waals surface area contributed by atoms with E-state index in [4.69, 9.17) is 11.6 Å². The van der Waals surface area contributed by atoms with Gasteiger partial charge in [-0.1, -0.05) is 23.7 Å². The van der Waals surface area contributed by atoms with Gasteiger partial charge >= 0.3 is 0 Å². The number of halogens is 2. The second kappa shape index (κ2) is 6.60. The first kappa shape index (κ1) is 16.4. The van der Waals surface area contributed by atoms with Gasteiger partial charge in [-0.3, -0.25) is 14.3 Å². The van der Waals surface area contributed by atoms with Crippen LogP contribution in [-0.2, 0) is 11.3 Å². The molecule has 1 aromatic heterocycles. The average Bonchev–Trinajstić information content (AvgIpc) is 2.96. The molecule has 0 radical (unpaired) electrons. The van der Waals surface area contributed by atoms with Crippen molar-refractivity contribution >= 4 is 23.4 Å². The predicted molar refractivity (Wildman–Crippen MR) is 86.1 cm³/mol. The summed E-state index contributed by atoms with van der Waals surface area (Å²) < 4.78 is 14.7. The lowest BCUT2D eigenvalue weighted by molar-refractivity contribution is -0.128. The zero-order valence-electron chi connectivity index (χ0n) is 13.0. The van der Waals surface area contributed by atoms with Gasteiger partial charge in [0, 0.05) is 25.8 Å². The zero-order chi connectivity index (χ0) is 17.3. The molecular weight excluding hydrogens is 335 g/mol. The lowest BCUT2D eigenvalue weighted by atomic mass is 10.0. The van der Waals surface area contributed by atoms with Crippen LogP contribution in [-0.4, -0.2) is 39.6 Å². The summed E-state index contributed by atoms with van der Waals surface area (Å²) >= 11 is 6.11. The Morgan fingerprint density at radius 1 is 1.42 bits per heavy atom. The van der Waals surface area contributed by atoms with Crippen molar-refractivity contribution in [1.82, 2.24) is 20.0 Å². The fourth-order valence-electron chi connectivity index (χ4n) is 2.70. The summed E-state index contributed by atoms with van der Waals surface area (Å²) in [5.41, 5.74) is 0.647. The molecule has 126 valence electrons. The quantitative estimate of drug-likeness (QED) is 0.920. The molecule has 24 heavy (non-hydrogen) atoms. The molecule has 6 nitrogen and oxygen atoms in total. The number of aromatic nitrogens is 2. The number of hydrogen-bond acceptors (Lipinski definition) is 3. The van der Waals surface area contributed by atoms with Crippen molar-refractivity contribution in [3.05, 3.63) is 52.6 Å². The highest BCUT2D eigenvalue weighted by Gasteiger charge is 2.36. The number of rotatable bonds is 3. The standard InChI is InChI=1S/C16H16ClFN4O2/c1-2-21-9-12(17)13(20-21)16(24)22-8-7-19-15(23)14(22)10-3-5-11(18)6-4-10/h3-6,9,14H,2,7-8H2,1H3,(H,19,23)/t14-/m1/s1. The lowest BCUT2D eigenvalue weighted by Crippen LogP contribution is -2.52. The first-order valence-electron chi connectivity index (χ1n) is 7.58. The van der Waals surface area contributed by atoms with Crippen molar-refractivity contribution in [2.24, 2.45) is 0 Å². The number of hydrogen-bond donors (Lipinski definition) is 1. The molecule has 1 N–H and O–H groups in total. The third-order valence-corrected chi connectivity index (χ3v) is 4.18. The lowest BCUT2D eigenvalue weighted by Gasteiger charge is -2.35. The highest BCUT2D eigenvalue weighted by atomic mass is 35.5. The molecule has 1 atom stereocenters. The van der Waals surface area contributed by atoms with Crippen LogP contribution in [0.25, 0.3) is 0 Å².